The lowest BCUT2D eigenvalue weighted by atomic mass is 9.77. The van der Waals surface area contributed by atoms with E-state index in [1.807, 2.05) is 72.8 Å². The molecule has 1 aliphatic heterocycles. The van der Waals surface area contributed by atoms with Crippen molar-refractivity contribution >= 4 is 55.9 Å². The molecule has 0 aliphatic carbocycles. The van der Waals surface area contributed by atoms with Crippen LogP contribution in [0.4, 0.5) is 0 Å². The van der Waals surface area contributed by atoms with Gasteiger partial charge in [-0.3, -0.25) is 0 Å². The van der Waals surface area contributed by atoms with Gasteiger partial charge in [-0.15, -0.1) is 0 Å². The SMILES string of the molecule is CC1(C)OB(c2cccc(-c3cccc4c(-c5ccccc5)nc5ccccc5c34)c2)OC1(C)C.c1ccc(-c2nc(-c3ccccc3)nc(-c3ccc(-c4cccc(-c5cccc6c(-c7ccccc7)nc7ccccc7c56)c4)cc3)n2)cc1. The summed E-state index contributed by atoms with van der Waals surface area (Å²) in [4.78, 5) is 24.9. The molecule has 1 aliphatic rings. The van der Waals surface area contributed by atoms with Crippen LogP contribution in [-0.4, -0.2) is 43.2 Å². The highest BCUT2D eigenvalue weighted by atomic mass is 16.7. The first kappa shape index (κ1) is 52.8. The lowest BCUT2D eigenvalue weighted by Crippen LogP contribution is -2.41. The number of para-hydroxylation sites is 2. The predicted molar refractivity (Wildman–Crippen MR) is 351 cm³/mol. The number of rotatable bonds is 9. The van der Waals surface area contributed by atoms with E-state index in [-0.39, 0.29) is 11.2 Å². The van der Waals surface area contributed by atoms with Gasteiger partial charge < -0.3 is 9.31 Å². The number of fused-ring (bicyclic) bond motifs is 6. The third kappa shape index (κ3) is 10.2. The Morgan fingerprint density at radius 1 is 0.271 bits per heavy atom. The van der Waals surface area contributed by atoms with Crippen molar-refractivity contribution in [1.82, 2.24) is 24.9 Å². The summed E-state index contributed by atoms with van der Waals surface area (Å²) in [5.41, 5.74) is 16.2. The number of hydrogen-bond acceptors (Lipinski definition) is 7. The third-order valence-electron chi connectivity index (χ3n) is 16.6. The molecule has 0 amide bonds. The lowest BCUT2D eigenvalue weighted by Gasteiger charge is -2.32. The summed E-state index contributed by atoms with van der Waals surface area (Å²) in [5, 5.41) is 7.01. The highest BCUT2D eigenvalue weighted by Gasteiger charge is 2.51. The average Bonchev–Trinajstić information content (AvgIpc) is 3.33. The van der Waals surface area contributed by atoms with Crippen molar-refractivity contribution in [2.75, 3.05) is 0 Å². The van der Waals surface area contributed by atoms with Crippen LogP contribution in [-0.2, 0) is 9.31 Å². The Kier molecular flexibility index (Phi) is 13.8. The average molecular weight is 1100 g/mol. The van der Waals surface area contributed by atoms with Crippen LogP contribution < -0.4 is 5.46 Å². The lowest BCUT2D eigenvalue weighted by molar-refractivity contribution is 0.00578. The summed E-state index contributed by atoms with van der Waals surface area (Å²) in [5.74, 6) is 1.95. The van der Waals surface area contributed by atoms with E-state index in [2.05, 4.69) is 234 Å². The molecule has 4 heterocycles. The molecule has 1 saturated heterocycles. The molecule has 1 fully saturated rings. The normalized spacial score (nSPS) is 13.5. The Hall–Kier alpha value is -10.2. The van der Waals surface area contributed by atoms with Crippen LogP contribution >= 0.6 is 0 Å². The van der Waals surface area contributed by atoms with Crippen molar-refractivity contribution in [3.05, 3.63) is 279 Å². The van der Waals surface area contributed by atoms with Crippen LogP contribution in [0.15, 0.2) is 279 Å². The molecule has 0 unspecified atom stereocenters. The number of pyridine rings is 2. The molecule has 7 nitrogen and oxygen atoms in total. The van der Waals surface area contributed by atoms with E-state index >= 15 is 0 Å². The van der Waals surface area contributed by atoms with Crippen LogP contribution in [0.25, 0.3) is 133 Å². The molecule has 0 N–H and O–H groups in total. The maximum Gasteiger partial charge on any atom is 0.494 e. The Morgan fingerprint density at radius 2 is 0.612 bits per heavy atom. The number of benzene rings is 11. The third-order valence-corrected chi connectivity index (χ3v) is 16.6. The summed E-state index contributed by atoms with van der Waals surface area (Å²) in [6.45, 7) is 8.36. The highest BCUT2D eigenvalue weighted by Crippen LogP contribution is 2.42. The molecular formula is C77H58BN5O2. The zero-order chi connectivity index (χ0) is 57.5. The second-order valence-electron chi connectivity index (χ2n) is 22.6. The van der Waals surface area contributed by atoms with Crippen molar-refractivity contribution in [3.63, 3.8) is 0 Å². The maximum absolute atomic E-state index is 6.34. The van der Waals surface area contributed by atoms with E-state index in [1.54, 1.807) is 0 Å². The molecule has 406 valence electrons. The van der Waals surface area contributed by atoms with Gasteiger partial charge in [-0.2, -0.15) is 0 Å². The van der Waals surface area contributed by atoms with E-state index < -0.39 is 7.12 Å². The molecule has 11 aromatic carbocycles. The Labute approximate surface area is 495 Å². The topological polar surface area (TPSA) is 82.9 Å². The molecule has 8 heteroatoms. The highest BCUT2D eigenvalue weighted by molar-refractivity contribution is 6.62. The first-order valence-corrected chi connectivity index (χ1v) is 28.9. The molecular weight excluding hydrogens is 1040 g/mol. The fourth-order valence-corrected chi connectivity index (χ4v) is 11.6. The second-order valence-corrected chi connectivity index (χ2v) is 22.6. The molecule has 0 spiro atoms. The molecule has 0 saturated carbocycles. The van der Waals surface area contributed by atoms with Crippen molar-refractivity contribution in [2.45, 2.75) is 38.9 Å². The summed E-state index contributed by atoms with van der Waals surface area (Å²) in [6.07, 6.45) is 0. The van der Waals surface area contributed by atoms with Crippen LogP contribution in [0.1, 0.15) is 27.7 Å². The van der Waals surface area contributed by atoms with Crippen molar-refractivity contribution in [1.29, 1.82) is 0 Å². The Bertz CT molecular complexity index is 4700. The maximum atomic E-state index is 6.34. The van der Waals surface area contributed by atoms with Gasteiger partial charge in [-0.05, 0) is 84.7 Å². The van der Waals surface area contributed by atoms with Crippen LogP contribution in [0, 0.1) is 0 Å². The van der Waals surface area contributed by atoms with E-state index in [9.17, 15) is 0 Å². The zero-order valence-corrected chi connectivity index (χ0v) is 47.7. The van der Waals surface area contributed by atoms with Gasteiger partial charge in [0.15, 0.2) is 17.5 Å². The molecule has 15 rings (SSSR count). The summed E-state index contributed by atoms with van der Waals surface area (Å²) < 4.78 is 12.7. The zero-order valence-electron chi connectivity index (χ0n) is 47.7. The minimum atomic E-state index is -0.395. The first-order valence-electron chi connectivity index (χ1n) is 28.9. The minimum absolute atomic E-state index is 0.375. The summed E-state index contributed by atoms with van der Waals surface area (Å²) in [6, 6.07) is 96.8. The quantitative estimate of drug-likeness (QED) is 0.105. The van der Waals surface area contributed by atoms with Gasteiger partial charge in [0, 0.05) is 60.1 Å². The number of hydrogen-bond donors (Lipinski definition) is 0. The van der Waals surface area contributed by atoms with Crippen molar-refractivity contribution in [3.8, 4) is 90.1 Å². The van der Waals surface area contributed by atoms with E-state index in [0.717, 1.165) is 99.5 Å². The van der Waals surface area contributed by atoms with Gasteiger partial charge >= 0.3 is 7.12 Å². The fourth-order valence-electron chi connectivity index (χ4n) is 11.6. The molecule has 0 bridgehead atoms. The van der Waals surface area contributed by atoms with Crippen LogP contribution in [0.3, 0.4) is 0 Å². The first-order chi connectivity index (χ1) is 41.6. The standard InChI is InChI=1S/C46H30N4.C31H28BNO2/c1-4-14-32(15-5-1)43-40-24-13-23-38(42(40)39-22-10-11-25-41(39)47-43)37-21-12-20-36(30-37)31-26-28-35(29-27-31)46-49-44(33-16-6-2-7-17-33)48-45(50-46)34-18-8-3-9-19-34;1-30(2)31(3,4)35-32(34-30)23-15-10-14-22(20-23)24-17-11-18-26-28(24)25-16-8-9-19-27(25)33-29(26)21-12-6-5-7-13-21/h1-30H;5-20H,1-4H3. The van der Waals surface area contributed by atoms with Gasteiger partial charge in [0.1, 0.15) is 0 Å². The Balaban J connectivity index is 0.000000161. The summed E-state index contributed by atoms with van der Waals surface area (Å²) in [7, 11) is -0.395. The summed E-state index contributed by atoms with van der Waals surface area (Å²) >= 11 is 0. The molecule has 85 heavy (non-hydrogen) atoms. The van der Waals surface area contributed by atoms with Crippen LogP contribution in [0.2, 0.25) is 0 Å². The van der Waals surface area contributed by atoms with Gasteiger partial charge in [0.2, 0.25) is 0 Å². The predicted octanol–water partition coefficient (Wildman–Crippen LogP) is 18.6. The number of nitrogens with zero attached hydrogens (tertiary/aromatic N) is 5. The minimum Gasteiger partial charge on any atom is -0.399 e. The monoisotopic (exact) mass is 1100 g/mol. The van der Waals surface area contributed by atoms with E-state index in [0.29, 0.717) is 17.5 Å². The van der Waals surface area contributed by atoms with Gasteiger partial charge in [-0.1, -0.05) is 261 Å². The van der Waals surface area contributed by atoms with Crippen molar-refractivity contribution in [2.24, 2.45) is 0 Å². The van der Waals surface area contributed by atoms with Gasteiger partial charge in [0.25, 0.3) is 0 Å². The van der Waals surface area contributed by atoms with Crippen molar-refractivity contribution < 1.29 is 9.31 Å². The van der Waals surface area contributed by atoms with Gasteiger partial charge in [-0.25, -0.2) is 24.9 Å². The molecule has 0 radical (unpaired) electrons. The molecule has 3 aromatic heterocycles. The molecule has 14 aromatic rings. The van der Waals surface area contributed by atoms with Gasteiger partial charge in [0.05, 0.1) is 33.6 Å². The van der Waals surface area contributed by atoms with E-state index in [1.165, 1.54) is 21.9 Å². The molecule has 0 atom stereocenters. The Morgan fingerprint density at radius 3 is 1.08 bits per heavy atom. The second kappa shape index (κ2) is 22.2. The van der Waals surface area contributed by atoms with E-state index in [4.69, 9.17) is 34.2 Å². The number of aromatic nitrogens is 5. The largest absolute Gasteiger partial charge is 0.494 e. The smallest absolute Gasteiger partial charge is 0.399 e. The fraction of sp³-hybridized carbons (Fsp3) is 0.0779. The van der Waals surface area contributed by atoms with Crippen LogP contribution in [0.5, 0.6) is 0 Å².